The number of hydrogen-bond donors (Lipinski definition) is 0. The second kappa shape index (κ2) is 7.99. The van der Waals surface area contributed by atoms with Crippen LogP contribution in [0, 0.1) is 5.92 Å². The number of rotatable bonds is 5. The molecule has 2 fully saturated rings. The van der Waals surface area contributed by atoms with Crippen molar-refractivity contribution in [2.45, 2.75) is 31.4 Å². The number of para-hydroxylation sites is 1. The van der Waals surface area contributed by atoms with Crippen molar-refractivity contribution < 1.29 is 14.3 Å². The summed E-state index contributed by atoms with van der Waals surface area (Å²) < 4.78 is 11.3. The van der Waals surface area contributed by atoms with Gasteiger partial charge in [-0.3, -0.25) is 9.69 Å². The Morgan fingerprint density at radius 2 is 1.92 bits per heavy atom. The predicted octanol–water partition coefficient (Wildman–Crippen LogP) is 2.02. The summed E-state index contributed by atoms with van der Waals surface area (Å²) in [5.74, 6) is 1.72. The van der Waals surface area contributed by atoms with E-state index < -0.39 is 0 Å². The van der Waals surface area contributed by atoms with Crippen LogP contribution in [0.1, 0.15) is 19.3 Å². The molecule has 2 heterocycles. The van der Waals surface area contributed by atoms with E-state index in [9.17, 15) is 4.79 Å². The van der Waals surface area contributed by atoms with Crippen LogP contribution in [-0.4, -0.2) is 68.3 Å². The van der Waals surface area contributed by atoms with Crippen molar-refractivity contribution in [3.63, 3.8) is 0 Å². The lowest BCUT2D eigenvalue weighted by Gasteiger charge is -2.34. The summed E-state index contributed by atoms with van der Waals surface area (Å²) in [6.07, 6.45) is 3.02. The van der Waals surface area contributed by atoms with Gasteiger partial charge in [0, 0.05) is 26.7 Å². The maximum Gasteiger partial charge on any atom is 0.240 e. The van der Waals surface area contributed by atoms with E-state index in [2.05, 4.69) is 4.90 Å². The molecule has 1 amide bonds. The molecule has 0 aromatic heterocycles. The van der Waals surface area contributed by atoms with E-state index in [0.717, 1.165) is 51.3 Å². The minimum absolute atomic E-state index is 0.0212. The molecule has 2 aliphatic rings. The zero-order chi connectivity index (χ0) is 16.9. The number of likely N-dealkylation sites (N-methyl/N-ethyl adjacent to an activating group) is 1. The Morgan fingerprint density at radius 1 is 1.21 bits per heavy atom. The van der Waals surface area contributed by atoms with Crippen molar-refractivity contribution in [2.24, 2.45) is 5.92 Å². The monoisotopic (exact) mass is 332 g/mol. The Morgan fingerprint density at radius 3 is 2.54 bits per heavy atom. The molecule has 2 atom stereocenters. The molecule has 2 aliphatic heterocycles. The number of ether oxygens (including phenoxy) is 2. The molecule has 3 rings (SSSR count). The molecule has 0 N–H and O–H groups in total. The van der Waals surface area contributed by atoms with Gasteiger partial charge in [-0.15, -0.1) is 0 Å². The lowest BCUT2D eigenvalue weighted by atomic mass is 9.97. The number of likely N-dealkylation sites (tertiary alicyclic amines) is 2. The van der Waals surface area contributed by atoms with E-state index >= 15 is 0 Å². The molecule has 0 aliphatic carbocycles. The fourth-order valence-electron chi connectivity index (χ4n) is 3.67. The van der Waals surface area contributed by atoms with E-state index in [1.807, 2.05) is 42.3 Å². The van der Waals surface area contributed by atoms with Gasteiger partial charge in [0.25, 0.3) is 0 Å². The van der Waals surface area contributed by atoms with Gasteiger partial charge in [0.2, 0.25) is 5.91 Å². The number of hydrogen-bond acceptors (Lipinski definition) is 4. The molecular formula is C19H28N2O3. The molecule has 1 aromatic rings. The number of piperidine rings is 1. The molecule has 2 saturated heterocycles. The Labute approximate surface area is 144 Å². The van der Waals surface area contributed by atoms with Gasteiger partial charge in [-0.2, -0.15) is 0 Å². The first-order chi connectivity index (χ1) is 11.7. The predicted molar refractivity (Wildman–Crippen MR) is 93.1 cm³/mol. The fraction of sp³-hybridized carbons (Fsp3) is 0.632. The van der Waals surface area contributed by atoms with Gasteiger partial charge in [-0.25, -0.2) is 0 Å². The highest BCUT2D eigenvalue weighted by atomic mass is 16.5. The number of methoxy groups -OCH3 is 1. The van der Waals surface area contributed by atoms with Crippen LogP contribution in [0.5, 0.6) is 5.75 Å². The van der Waals surface area contributed by atoms with Crippen molar-refractivity contribution in [1.29, 1.82) is 0 Å². The van der Waals surface area contributed by atoms with Gasteiger partial charge in [0.1, 0.15) is 5.75 Å². The second-order valence-corrected chi connectivity index (χ2v) is 6.94. The molecule has 0 radical (unpaired) electrons. The van der Waals surface area contributed by atoms with E-state index in [0.29, 0.717) is 5.92 Å². The third kappa shape index (κ3) is 4.08. The number of nitrogens with zero attached hydrogens (tertiary/aromatic N) is 2. The Kier molecular flexibility index (Phi) is 5.74. The van der Waals surface area contributed by atoms with Crippen LogP contribution in [0.2, 0.25) is 0 Å². The minimum atomic E-state index is -0.0212. The van der Waals surface area contributed by atoms with E-state index in [-0.39, 0.29) is 18.1 Å². The smallest absolute Gasteiger partial charge is 0.240 e. The number of carbonyl (C=O) groups excluding carboxylic acids is 1. The van der Waals surface area contributed by atoms with Crippen LogP contribution in [0.4, 0.5) is 0 Å². The van der Waals surface area contributed by atoms with E-state index in [1.54, 1.807) is 7.11 Å². The minimum Gasteiger partial charge on any atom is -0.493 e. The van der Waals surface area contributed by atoms with Gasteiger partial charge in [0.15, 0.2) is 0 Å². The standard InChI is InChI=1S/C19H28N2O3/c1-20-13-17(23-2)12-18(20)19(22)21-10-8-15(9-11-21)14-24-16-6-4-3-5-7-16/h3-7,15,17-18H,8-14H2,1-2H3/t17-,18-/m0/s1. The topological polar surface area (TPSA) is 42.0 Å². The first-order valence-corrected chi connectivity index (χ1v) is 8.87. The van der Waals surface area contributed by atoms with Gasteiger partial charge in [-0.1, -0.05) is 18.2 Å². The summed E-state index contributed by atoms with van der Waals surface area (Å²) in [7, 11) is 3.74. The van der Waals surface area contributed by atoms with Crippen molar-refractivity contribution in [2.75, 3.05) is 40.4 Å². The Hall–Kier alpha value is -1.59. The second-order valence-electron chi connectivity index (χ2n) is 6.94. The third-order valence-electron chi connectivity index (χ3n) is 5.28. The Balaban J connectivity index is 1.44. The summed E-state index contributed by atoms with van der Waals surface area (Å²) in [5.41, 5.74) is 0. The largest absolute Gasteiger partial charge is 0.493 e. The molecule has 132 valence electrons. The fourth-order valence-corrected chi connectivity index (χ4v) is 3.67. The summed E-state index contributed by atoms with van der Waals surface area (Å²) >= 11 is 0. The van der Waals surface area contributed by atoms with Crippen LogP contribution in [-0.2, 0) is 9.53 Å². The average molecular weight is 332 g/mol. The molecule has 24 heavy (non-hydrogen) atoms. The van der Waals surface area contributed by atoms with Crippen molar-refractivity contribution in [3.8, 4) is 5.75 Å². The van der Waals surface area contributed by atoms with Gasteiger partial charge < -0.3 is 14.4 Å². The molecular weight excluding hydrogens is 304 g/mol. The summed E-state index contributed by atoms with van der Waals surface area (Å²) in [5, 5.41) is 0. The van der Waals surface area contributed by atoms with Crippen LogP contribution in [0.3, 0.4) is 0 Å². The lowest BCUT2D eigenvalue weighted by Crippen LogP contribution is -2.47. The molecule has 0 saturated carbocycles. The maximum atomic E-state index is 12.8. The first-order valence-electron chi connectivity index (χ1n) is 8.87. The van der Waals surface area contributed by atoms with E-state index in [1.165, 1.54) is 0 Å². The summed E-state index contributed by atoms with van der Waals surface area (Å²) in [6, 6.07) is 9.92. The quantitative estimate of drug-likeness (QED) is 0.827. The molecule has 0 unspecified atom stereocenters. The zero-order valence-corrected chi connectivity index (χ0v) is 14.7. The number of amides is 1. The van der Waals surface area contributed by atoms with Gasteiger partial charge in [-0.05, 0) is 44.4 Å². The van der Waals surface area contributed by atoms with Crippen LogP contribution >= 0.6 is 0 Å². The maximum absolute atomic E-state index is 12.8. The highest BCUT2D eigenvalue weighted by molar-refractivity contribution is 5.82. The SMILES string of the molecule is CO[C@H]1C[C@@H](C(=O)N2CCC(COc3ccccc3)CC2)N(C)C1. The van der Waals surface area contributed by atoms with Crippen molar-refractivity contribution >= 4 is 5.91 Å². The highest BCUT2D eigenvalue weighted by Gasteiger charge is 2.37. The Bertz CT molecular complexity index is 529. The summed E-state index contributed by atoms with van der Waals surface area (Å²) in [4.78, 5) is 16.9. The van der Waals surface area contributed by atoms with Crippen molar-refractivity contribution in [3.05, 3.63) is 30.3 Å². The molecule has 1 aromatic carbocycles. The van der Waals surface area contributed by atoms with Crippen LogP contribution in [0.25, 0.3) is 0 Å². The van der Waals surface area contributed by atoms with Crippen molar-refractivity contribution in [1.82, 2.24) is 9.80 Å². The number of benzene rings is 1. The molecule has 0 spiro atoms. The third-order valence-corrected chi connectivity index (χ3v) is 5.28. The number of carbonyl (C=O) groups is 1. The highest BCUT2D eigenvalue weighted by Crippen LogP contribution is 2.24. The first kappa shape index (κ1) is 17.2. The summed E-state index contributed by atoms with van der Waals surface area (Å²) in [6.45, 7) is 3.25. The normalized spacial score (nSPS) is 25.8. The molecule has 5 nitrogen and oxygen atoms in total. The average Bonchev–Trinajstić information content (AvgIpc) is 3.01. The van der Waals surface area contributed by atoms with Crippen LogP contribution < -0.4 is 4.74 Å². The van der Waals surface area contributed by atoms with Gasteiger partial charge in [0.05, 0.1) is 18.8 Å². The zero-order valence-electron chi connectivity index (χ0n) is 14.7. The van der Waals surface area contributed by atoms with Crippen LogP contribution in [0.15, 0.2) is 30.3 Å². The molecule has 5 heteroatoms. The lowest BCUT2D eigenvalue weighted by molar-refractivity contribution is -0.137. The van der Waals surface area contributed by atoms with Gasteiger partial charge >= 0.3 is 0 Å². The molecule has 0 bridgehead atoms. The van der Waals surface area contributed by atoms with E-state index in [4.69, 9.17) is 9.47 Å².